The molecule has 2 aromatic heterocycles. The van der Waals surface area contributed by atoms with Crippen LogP contribution in [-0.4, -0.2) is 29.0 Å². The molecule has 0 aliphatic heterocycles. The summed E-state index contributed by atoms with van der Waals surface area (Å²) in [6.07, 6.45) is 1.78. The van der Waals surface area contributed by atoms with Gasteiger partial charge >= 0.3 is 5.97 Å². The van der Waals surface area contributed by atoms with Gasteiger partial charge in [-0.25, -0.2) is 14.8 Å². The first-order chi connectivity index (χ1) is 12.7. The predicted molar refractivity (Wildman–Crippen MR) is 99.7 cm³/mol. The fraction of sp³-hybridized carbons (Fsp3) is 0.111. The number of ether oxygens (including phenoxy) is 1. The Kier molecular flexibility index (Phi) is 5.55. The zero-order chi connectivity index (χ0) is 18.4. The number of pyridine rings is 1. The molecule has 8 heteroatoms. The molecule has 0 aliphatic carbocycles. The lowest BCUT2D eigenvalue weighted by molar-refractivity contribution is -0.115. The van der Waals surface area contributed by atoms with E-state index in [1.165, 1.54) is 18.4 Å². The Hall–Kier alpha value is -3.26. The Morgan fingerprint density at radius 2 is 1.96 bits per heavy atom. The Morgan fingerprint density at radius 1 is 1.15 bits per heavy atom. The van der Waals surface area contributed by atoms with Crippen molar-refractivity contribution in [3.63, 3.8) is 0 Å². The van der Waals surface area contributed by atoms with Gasteiger partial charge < -0.3 is 15.4 Å². The number of esters is 1. The number of rotatable bonds is 6. The summed E-state index contributed by atoms with van der Waals surface area (Å²) in [5.74, 6) is -0.0858. The molecule has 26 heavy (non-hydrogen) atoms. The summed E-state index contributed by atoms with van der Waals surface area (Å²) >= 11 is 1.39. The highest BCUT2D eigenvalue weighted by atomic mass is 32.1. The van der Waals surface area contributed by atoms with Crippen LogP contribution in [0.2, 0.25) is 0 Å². The van der Waals surface area contributed by atoms with E-state index in [0.29, 0.717) is 27.9 Å². The van der Waals surface area contributed by atoms with Crippen molar-refractivity contribution >= 4 is 39.9 Å². The third kappa shape index (κ3) is 4.42. The Labute approximate surface area is 154 Å². The van der Waals surface area contributed by atoms with Crippen molar-refractivity contribution in [1.82, 2.24) is 9.97 Å². The molecule has 2 N–H and O–H groups in total. The molecule has 0 saturated carbocycles. The molecule has 0 aliphatic rings. The number of anilines is 3. The smallest absolute Gasteiger partial charge is 0.339 e. The van der Waals surface area contributed by atoms with E-state index in [1.54, 1.807) is 35.8 Å². The highest BCUT2D eigenvalue weighted by Gasteiger charge is 2.14. The average Bonchev–Trinajstić information content (AvgIpc) is 3.09. The third-order valence-corrected chi connectivity index (χ3v) is 4.21. The maximum Gasteiger partial charge on any atom is 0.339 e. The summed E-state index contributed by atoms with van der Waals surface area (Å²) < 4.78 is 4.72. The second kappa shape index (κ2) is 8.21. The highest BCUT2D eigenvalue weighted by Crippen LogP contribution is 2.21. The van der Waals surface area contributed by atoms with Gasteiger partial charge in [0, 0.05) is 11.6 Å². The van der Waals surface area contributed by atoms with Crippen LogP contribution < -0.4 is 10.6 Å². The largest absolute Gasteiger partial charge is 0.465 e. The van der Waals surface area contributed by atoms with Gasteiger partial charge in [-0.3, -0.25) is 4.79 Å². The third-order valence-electron chi connectivity index (χ3n) is 3.40. The van der Waals surface area contributed by atoms with Gasteiger partial charge in [-0.05, 0) is 24.3 Å². The number of para-hydroxylation sites is 1. The van der Waals surface area contributed by atoms with Crippen molar-refractivity contribution < 1.29 is 14.3 Å². The minimum atomic E-state index is -0.503. The molecule has 3 rings (SSSR count). The highest BCUT2D eigenvalue weighted by molar-refractivity contribution is 7.13. The van der Waals surface area contributed by atoms with Crippen LogP contribution in [0.5, 0.6) is 0 Å². The van der Waals surface area contributed by atoms with Gasteiger partial charge in [-0.1, -0.05) is 18.2 Å². The van der Waals surface area contributed by atoms with Gasteiger partial charge in [0.05, 0.1) is 30.5 Å². The molecule has 1 amide bonds. The summed E-state index contributed by atoms with van der Waals surface area (Å²) in [5.41, 5.74) is 1.34. The zero-order valence-corrected chi connectivity index (χ0v) is 14.7. The van der Waals surface area contributed by atoms with E-state index in [0.717, 1.165) is 0 Å². The molecular weight excluding hydrogens is 352 g/mol. The fourth-order valence-electron chi connectivity index (χ4n) is 2.23. The van der Waals surface area contributed by atoms with E-state index in [-0.39, 0.29) is 12.3 Å². The summed E-state index contributed by atoms with van der Waals surface area (Å²) in [5, 5.41) is 8.26. The second-order valence-electron chi connectivity index (χ2n) is 5.25. The first-order valence-electron chi connectivity index (χ1n) is 7.75. The van der Waals surface area contributed by atoms with Crippen LogP contribution in [0.1, 0.15) is 16.1 Å². The predicted octanol–water partition coefficient (Wildman–Crippen LogP) is 3.25. The van der Waals surface area contributed by atoms with Crippen LogP contribution in [0.15, 0.2) is 54.0 Å². The number of aromatic nitrogens is 2. The van der Waals surface area contributed by atoms with Crippen molar-refractivity contribution in [1.29, 1.82) is 0 Å². The maximum absolute atomic E-state index is 12.3. The number of hydrogen-bond donors (Lipinski definition) is 2. The number of amides is 1. The molecule has 0 bridgehead atoms. The maximum atomic E-state index is 12.3. The van der Waals surface area contributed by atoms with Gasteiger partial charge in [0.15, 0.2) is 5.13 Å². The molecule has 3 aromatic rings. The summed E-state index contributed by atoms with van der Waals surface area (Å²) in [7, 11) is 1.30. The fourth-order valence-corrected chi connectivity index (χ4v) is 2.95. The molecule has 0 unspecified atom stereocenters. The van der Waals surface area contributed by atoms with Crippen molar-refractivity contribution in [2.45, 2.75) is 6.42 Å². The number of thiazole rings is 1. The number of carbonyl (C=O) groups is 2. The van der Waals surface area contributed by atoms with Crippen LogP contribution in [0, 0.1) is 0 Å². The number of hydrogen-bond acceptors (Lipinski definition) is 7. The van der Waals surface area contributed by atoms with E-state index in [2.05, 4.69) is 20.6 Å². The van der Waals surface area contributed by atoms with E-state index >= 15 is 0 Å². The quantitative estimate of drug-likeness (QED) is 0.649. The van der Waals surface area contributed by atoms with Crippen LogP contribution in [0.3, 0.4) is 0 Å². The number of benzene rings is 1. The molecule has 7 nitrogen and oxygen atoms in total. The summed E-state index contributed by atoms with van der Waals surface area (Å²) in [4.78, 5) is 32.6. The summed E-state index contributed by atoms with van der Waals surface area (Å²) in [6, 6.07) is 12.2. The van der Waals surface area contributed by atoms with E-state index in [4.69, 9.17) is 4.74 Å². The number of nitrogens with zero attached hydrogens (tertiary/aromatic N) is 2. The van der Waals surface area contributed by atoms with Gasteiger partial charge in [0.2, 0.25) is 5.91 Å². The lowest BCUT2D eigenvalue weighted by atomic mass is 10.1. The van der Waals surface area contributed by atoms with Crippen LogP contribution in [0.25, 0.3) is 0 Å². The Morgan fingerprint density at radius 3 is 2.73 bits per heavy atom. The molecule has 132 valence electrons. The van der Waals surface area contributed by atoms with Gasteiger partial charge in [0.1, 0.15) is 5.82 Å². The van der Waals surface area contributed by atoms with Crippen molar-refractivity contribution in [2.75, 3.05) is 17.7 Å². The lowest BCUT2D eigenvalue weighted by Crippen LogP contribution is -2.17. The standard InChI is InChI=1S/C18H16N4O3S/c1-25-17(24)13-6-2-3-7-14(13)21-16(23)10-12-11-26-18(20-12)22-15-8-4-5-9-19-15/h2-9,11H,10H2,1H3,(H,21,23)(H,19,20,22). The number of nitrogens with one attached hydrogen (secondary N) is 2. The van der Waals surface area contributed by atoms with Crippen molar-refractivity contribution in [3.8, 4) is 0 Å². The molecule has 0 radical (unpaired) electrons. The average molecular weight is 368 g/mol. The monoisotopic (exact) mass is 368 g/mol. The lowest BCUT2D eigenvalue weighted by Gasteiger charge is -2.08. The van der Waals surface area contributed by atoms with Crippen LogP contribution >= 0.6 is 11.3 Å². The SMILES string of the molecule is COC(=O)c1ccccc1NC(=O)Cc1csc(Nc2ccccn2)n1. The van der Waals surface area contributed by atoms with Crippen LogP contribution in [-0.2, 0) is 16.0 Å². The minimum absolute atomic E-state index is 0.0932. The minimum Gasteiger partial charge on any atom is -0.465 e. The first kappa shape index (κ1) is 17.6. The van der Waals surface area contributed by atoms with Crippen molar-refractivity contribution in [2.24, 2.45) is 0 Å². The molecule has 1 aromatic carbocycles. The zero-order valence-electron chi connectivity index (χ0n) is 13.9. The van der Waals surface area contributed by atoms with Crippen molar-refractivity contribution in [3.05, 3.63) is 65.3 Å². The molecule has 0 saturated heterocycles. The normalized spacial score (nSPS) is 10.2. The Balaban J connectivity index is 1.63. The number of carbonyl (C=O) groups excluding carboxylic acids is 2. The van der Waals surface area contributed by atoms with Crippen LogP contribution in [0.4, 0.5) is 16.6 Å². The molecule has 0 fully saturated rings. The van der Waals surface area contributed by atoms with Gasteiger partial charge in [0.25, 0.3) is 0 Å². The molecule has 0 spiro atoms. The van der Waals surface area contributed by atoms with E-state index < -0.39 is 5.97 Å². The van der Waals surface area contributed by atoms with E-state index in [1.807, 2.05) is 18.2 Å². The topological polar surface area (TPSA) is 93.2 Å². The van der Waals surface area contributed by atoms with E-state index in [9.17, 15) is 9.59 Å². The number of methoxy groups -OCH3 is 1. The second-order valence-corrected chi connectivity index (χ2v) is 6.10. The first-order valence-corrected chi connectivity index (χ1v) is 8.63. The molecule has 2 heterocycles. The summed E-state index contributed by atoms with van der Waals surface area (Å²) in [6.45, 7) is 0. The molecular formula is C18H16N4O3S. The van der Waals surface area contributed by atoms with Gasteiger partial charge in [-0.15, -0.1) is 11.3 Å². The Bertz CT molecular complexity index is 912. The van der Waals surface area contributed by atoms with Gasteiger partial charge in [-0.2, -0.15) is 0 Å². The molecule has 0 atom stereocenters.